The van der Waals surface area contributed by atoms with Crippen LogP contribution in [-0.2, 0) is 4.79 Å². The number of hydrogen-bond acceptors (Lipinski definition) is 4. The van der Waals surface area contributed by atoms with Crippen molar-refractivity contribution in [2.45, 2.75) is 25.2 Å². The lowest BCUT2D eigenvalue weighted by Gasteiger charge is -2.19. The number of carbonyl (C=O) groups is 1. The van der Waals surface area contributed by atoms with Crippen LogP contribution in [0.4, 0.5) is 0 Å². The molecular formula is C6H14O4P+. The van der Waals surface area contributed by atoms with Crippen molar-refractivity contribution < 1.29 is 19.7 Å². The lowest BCUT2D eigenvalue weighted by molar-refractivity contribution is -0.107. The third-order valence-corrected chi connectivity index (χ3v) is 4.49. The van der Waals surface area contributed by atoms with E-state index in [1.165, 1.54) is 13.8 Å². The van der Waals surface area contributed by atoms with Crippen LogP contribution in [0.3, 0.4) is 0 Å². The Hall–Kier alpha value is -0.0200. The molecule has 0 fully saturated rings. The molecule has 0 aromatic rings. The van der Waals surface area contributed by atoms with Gasteiger partial charge in [-0.05, 0) is 13.8 Å². The van der Waals surface area contributed by atoms with Gasteiger partial charge in [0.2, 0.25) is 0 Å². The van der Waals surface area contributed by atoms with E-state index < -0.39 is 19.0 Å². The smallest absolute Gasteiger partial charge is 0.282 e. The van der Waals surface area contributed by atoms with Crippen LogP contribution in [0.2, 0.25) is 0 Å². The lowest BCUT2D eigenvalue weighted by Crippen LogP contribution is -2.23. The highest BCUT2D eigenvalue weighted by atomic mass is 31.2. The molecule has 0 heterocycles. The predicted octanol–water partition coefficient (Wildman–Crippen LogP) is -0.213. The first-order valence-corrected chi connectivity index (χ1v) is 5.20. The summed E-state index contributed by atoms with van der Waals surface area (Å²) in [5, 5.41) is 8.61. The van der Waals surface area contributed by atoms with E-state index >= 15 is 0 Å². The molecule has 11 heavy (non-hydrogen) atoms. The molecule has 3 N–H and O–H groups in total. The molecule has 0 rings (SSSR count). The standard InChI is InChI=1S/C6H14O4P/c1-5(3-7)11(9,10)6(2)4-8/h3,5-6,8-10H,4H2,1-2H3/q+1. The Morgan fingerprint density at radius 1 is 1.45 bits per heavy atom. The number of aliphatic hydroxyl groups excluding tert-OH is 1. The van der Waals surface area contributed by atoms with Crippen LogP contribution in [0.25, 0.3) is 0 Å². The molecular weight excluding hydrogens is 167 g/mol. The van der Waals surface area contributed by atoms with Crippen LogP contribution in [0.1, 0.15) is 13.8 Å². The first-order chi connectivity index (χ1) is 4.96. The Morgan fingerprint density at radius 2 is 1.91 bits per heavy atom. The second-order valence-electron chi connectivity index (χ2n) is 2.61. The van der Waals surface area contributed by atoms with Gasteiger partial charge in [0, 0.05) is 0 Å². The van der Waals surface area contributed by atoms with E-state index in [0.717, 1.165) is 0 Å². The summed E-state index contributed by atoms with van der Waals surface area (Å²) in [6, 6.07) is 0. The Morgan fingerprint density at radius 3 is 2.18 bits per heavy atom. The van der Waals surface area contributed by atoms with Gasteiger partial charge in [-0.15, -0.1) is 0 Å². The molecule has 0 aromatic heterocycles. The average molecular weight is 181 g/mol. The third-order valence-electron chi connectivity index (χ3n) is 1.71. The van der Waals surface area contributed by atoms with Crippen molar-refractivity contribution in [1.82, 2.24) is 0 Å². The molecule has 0 bridgehead atoms. The predicted molar refractivity (Wildman–Crippen MR) is 43.4 cm³/mol. The van der Waals surface area contributed by atoms with Crippen molar-refractivity contribution >= 4 is 14.0 Å². The van der Waals surface area contributed by atoms with Crippen molar-refractivity contribution in [3.63, 3.8) is 0 Å². The zero-order valence-corrected chi connectivity index (χ0v) is 7.53. The largest absolute Gasteiger partial charge is 0.392 e. The van der Waals surface area contributed by atoms with Gasteiger partial charge in [-0.3, -0.25) is 4.79 Å². The molecule has 66 valence electrons. The van der Waals surface area contributed by atoms with E-state index in [0.29, 0.717) is 6.29 Å². The molecule has 0 saturated heterocycles. The van der Waals surface area contributed by atoms with Gasteiger partial charge in [0.05, 0.1) is 6.61 Å². The van der Waals surface area contributed by atoms with Gasteiger partial charge in [-0.2, -0.15) is 0 Å². The number of aliphatic hydroxyl groups is 1. The molecule has 2 atom stereocenters. The van der Waals surface area contributed by atoms with E-state index in [-0.39, 0.29) is 6.61 Å². The number of aldehydes is 1. The van der Waals surface area contributed by atoms with E-state index in [1.54, 1.807) is 0 Å². The molecule has 0 spiro atoms. The molecule has 0 aromatic carbocycles. The second-order valence-corrected chi connectivity index (χ2v) is 5.71. The summed E-state index contributed by atoms with van der Waals surface area (Å²) in [7, 11) is -3.24. The highest BCUT2D eigenvalue weighted by molar-refractivity contribution is 7.66. The van der Waals surface area contributed by atoms with E-state index in [2.05, 4.69) is 0 Å². The van der Waals surface area contributed by atoms with Gasteiger partial charge in [0.25, 0.3) is 7.72 Å². The van der Waals surface area contributed by atoms with E-state index in [4.69, 9.17) is 5.11 Å². The summed E-state index contributed by atoms with van der Waals surface area (Å²) in [4.78, 5) is 28.9. The maximum atomic E-state index is 10.2. The molecule has 5 heteroatoms. The minimum absolute atomic E-state index is 0.307. The van der Waals surface area contributed by atoms with Crippen LogP contribution in [0, 0.1) is 0 Å². The van der Waals surface area contributed by atoms with Gasteiger partial charge < -0.3 is 5.11 Å². The Balaban J connectivity index is 4.29. The molecule has 0 saturated carbocycles. The fraction of sp³-hybridized carbons (Fsp3) is 0.833. The normalized spacial score (nSPS) is 17.5. The summed E-state index contributed by atoms with van der Waals surface area (Å²) < 4.78 is 0. The Bertz CT molecular complexity index is 137. The minimum atomic E-state index is -3.24. The molecule has 0 amide bonds. The number of carbonyl (C=O) groups excluding carboxylic acids is 1. The molecule has 0 aliphatic heterocycles. The molecule has 2 unspecified atom stereocenters. The quantitative estimate of drug-likeness (QED) is 0.414. The summed E-state index contributed by atoms with van der Waals surface area (Å²) in [5.74, 6) is 0. The van der Waals surface area contributed by atoms with Crippen LogP contribution in [-0.4, -0.2) is 39.1 Å². The monoisotopic (exact) mass is 181 g/mol. The van der Waals surface area contributed by atoms with E-state index in [9.17, 15) is 14.6 Å². The summed E-state index contributed by atoms with van der Waals surface area (Å²) in [5.41, 5.74) is -1.38. The lowest BCUT2D eigenvalue weighted by atomic mass is 10.5. The number of hydrogen-bond donors (Lipinski definition) is 3. The maximum absolute atomic E-state index is 10.2. The second kappa shape index (κ2) is 4.12. The average Bonchev–Trinajstić information content (AvgIpc) is 2.01. The molecule has 0 aliphatic rings. The SMILES string of the molecule is CC(C=O)[P+](O)(O)C(C)CO. The van der Waals surface area contributed by atoms with Crippen molar-refractivity contribution in [3.05, 3.63) is 0 Å². The first kappa shape index (κ1) is 11.0. The highest BCUT2D eigenvalue weighted by Gasteiger charge is 2.46. The van der Waals surface area contributed by atoms with Crippen LogP contribution in [0.5, 0.6) is 0 Å². The van der Waals surface area contributed by atoms with Gasteiger partial charge in [-0.1, -0.05) is 0 Å². The van der Waals surface area contributed by atoms with Crippen LogP contribution >= 0.6 is 7.72 Å². The van der Waals surface area contributed by atoms with Crippen molar-refractivity contribution in [2.75, 3.05) is 6.61 Å². The van der Waals surface area contributed by atoms with Crippen molar-refractivity contribution in [1.29, 1.82) is 0 Å². The third kappa shape index (κ3) is 2.49. The number of rotatable bonds is 4. The van der Waals surface area contributed by atoms with E-state index in [1.807, 2.05) is 0 Å². The van der Waals surface area contributed by atoms with Crippen molar-refractivity contribution in [2.24, 2.45) is 0 Å². The first-order valence-electron chi connectivity index (χ1n) is 3.36. The molecule has 0 radical (unpaired) electrons. The van der Waals surface area contributed by atoms with Crippen LogP contribution in [0.15, 0.2) is 0 Å². The van der Waals surface area contributed by atoms with Crippen molar-refractivity contribution in [3.8, 4) is 0 Å². The minimum Gasteiger partial charge on any atom is -0.392 e. The fourth-order valence-corrected chi connectivity index (χ4v) is 1.83. The Labute approximate surface area is 66.4 Å². The summed E-state index contributed by atoms with van der Waals surface area (Å²) in [6.07, 6.45) is 0.500. The van der Waals surface area contributed by atoms with Gasteiger partial charge >= 0.3 is 0 Å². The van der Waals surface area contributed by atoms with Crippen LogP contribution < -0.4 is 0 Å². The zero-order chi connectivity index (χ0) is 9.07. The summed E-state index contributed by atoms with van der Waals surface area (Å²) >= 11 is 0. The topological polar surface area (TPSA) is 77.8 Å². The van der Waals surface area contributed by atoms with Gasteiger partial charge in [-0.25, -0.2) is 9.79 Å². The van der Waals surface area contributed by atoms with Gasteiger partial charge in [0.1, 0.15) is 5.66 Å². The molecule has 4 nitrogen and oxygen atoms in total. The Kier molecular flexibility index (Phi) is 4.11. The highest BCUT2D eigenvalue weighted by Crippen LogP contribution is 2.58. The maximum Gasteiger partial charge on any atom is 0.282 e. The zero-order valence-electron chi connectivity index (χ0n) is 6.64. The fourth-order valence-electron chi connectivity index (χ4n) is 0.611. The molecule has 0 aliphatic carbocycles. The van der Waals surface area contributed by atoms with Gasteiger partial charge in [0.15, 0.2) is 11.9 Å². The summed E-state index contributed by atoms with van der Waals surface area (Å²) in [6.45, 7) is 2.64.